The van der Waals surface area contributed by atoms with E-state index in [2.05, 4.69) is 55.2 Å². The number of hydrogen-bond donors (Lipinski definition) is 0. The van der Waals surface area contributed by atoms with Gasteiger partial charge in [-0.1, -0.05) is 43.0 Å². The summed E-state index contributed by atoms with van der Waals surface area (Å²) in [5.74, 6) is 0.931. The molecule has 0 N–H and O–H groups in total. The lowest BCUT2D eigenvalue weighted by atomic mass is 10.1. The van der Waals surface area contributed by atoms with Gasteiger partial charge in [0.2, 0.25) is 0 Å². The largest absolute Gasteiger partial charge is 0.333 e. The van der Waals surface area contributed by atoms with Crippen molar-refractivity contribution in [2.24, 2.45) is 7.05 Å². The van der Waals surface area contributed by atoms with Crippen LogP contribution in [0.4, 0.5) is 0 Å². The first-order valence-corrected chi connectivity index (χ1v) is 7.67. The van der Waals surface area contributed by atoms with Gasteiger partial charge in [0.25, 0.3) is 0 Å². The molecule has 1 aromatic heterocycles. The molecular formula is C17H16N2S. The smallest absolute Gasteiger partial charge is 0.146 e. The van der Waals surface area contributed by atoms with Crippen LogP contribution in [0.2, 0.25) is 0 Å². The number of benzene rings is 2. The Kier molecular flexibility index (Phi) is 3.36. The quantitative estimate of drug-likeness (QED) is 0.699. The van der Waals surface area contributed by atoms with Crippen molar-refractivity contribution in [3.8, 4) is 11.3 Å². The van der Waals surface area contributed by atoms with E-state index in [9.17, 15) is 0 Å². The van der Waals surface area contributed by atoms with Crippen LogP contribution in [-0.2, 0) is 7.05 Å². The van der Waals surface area contributed by atoms with Crippen LogP contribution < -0.4 is 0 Å². The van der Waals surface area contributed by atoms with E-state index in [1.807, 2.05) is 17.9 Å². The van der Waals surface area contributed by atoms with Crippen LogP contribution in [0.15, 0.2) is 55.2 Å². The standard InChI is InChI=1S/C17H16N2S/c1-12(20-3)17-18-16(11-19(17)2)15-9-8-13-6-4-5-7-14(13)10-15/h4-11H,1H2,2-3H3. The van der Waals surface area contributed by atoms with Crippen LogP contribution in [0.1, 0.15) is 5.82 Å². The number of aryl methyl sites for hydroxylation is 1. The maximum Gasteiger partial charge on any atom is 0.146 e. The van der Waals surface area contributed by atoms with Crippen LogP contribution in [0.25, 0.3) is 26.9 Å². The summed E-state index contributed by atoms with van der Waals surface area (Å²) < 4.78 is 2.03. The van der Waals surface area contributed by atoms with E-state index in [0.29, 0.717) is 0 Å². The van der Waals surface area contributed by atoms with Crippen molar-refractivity contribution >= 4 is 27.4 Å². The van der Waals surface area contributed by atoms with Gasteiger partial charge in [0.15, 0.2) is 0 Å². The van der Waals surface area contributed by atoms with E-state index in [4.69, 9.17) is 4.98 Å². The van der Waals surface area contributed by atoms with Crippen molar-refractivity contribution in [1.82, 2.24) is 9.55 Å². The maximum absolute atomic E-state index is 4.70. The number of rotatable bonds is 3. The number of nitrogens with zero attached hydrogens (tertiary/aromatic N) is 2. The molecule has 2 aromatic carbocycles. The zero-order valence-electron chi connectivity index (χ0n) is 11.6. The number of fused-ring (bicyclic) bond motifs is 1. The first kappa shape index (κ1) is 13.0. The van der Waals surface area contributed by atoms with Gasteiger partial charge in [-0.3, -0.25) is 0 Å². The molecule has 3 aromatic rings. The molecule has 0 radical (unpaired) electrons. The van der Waals surface area contributed by atoms with Gasteiger partial charge in [0, 0.05) is 23.7 Å². The van der Waals surface area contributed by atoms with E-state index in [1.54, 1.807) is 11.8 Å². The molecule has 0 amide bonds. The molecule has 20 heavy (non-hydrogen) atoms. The minimum atomic E-state index is 0.931. The second-order valence-electron chi connectivity index (χ2n) is 4.75. The van der Waals surface area contributed by atoms with Gasteiger partial charge < -0.3 is 4.57 Å². The Balaban J connectivity index is 2.09. The van der Waals surface area contributed by atoms with E-state index in [0.717, 1.165) is 22.0 Å². The minimum Gasteiger partial charge on any atom is -0.333 e. The van der Waals surface area contributed by atoms with E-state index >= 15 is 0 Å². The third-order valence-corrected chi connectivity index (χ3v) is 4.09. The Hall–Kier alpha value is -2.00. The molecule has 3 heteroatoms. The highest BCUT2D eigenvalue weighted by Crippen LogP contribution is 2.27. The topological polar surface area (TPSA) is 17.8 Å². The predicted molar refractivity (Wildman–Crippen MR) is 88.7 cm³/mol. The summed E-state index contributed by atoms with van der Waals surface area (Å²) in [5.41, 5.74) is 2.13. The average molecular weight is 280 g/mol. The molecule has 0 aliphatic carbocycles. The average Bonchev–Trinajstić information content (AvgIpc) is 2.88. The Morgan fingerprint density at radius 1 is 1.15 bits per heavy atom. The van der Waals surface area contributed by atoms with Gasteiger partial charge in [0.1, 0.15) is 5.82 Å². The minimum absolute atomic E-state index is 0.931. The second kappa shape index (κ2) is 5.17. The van der Waals surface area contributed by atoms with Crippen LogP contribution in [0, 0.1) is 0 Å². The lowest BCUT2D eigenvalue weighted by Gasteiger charge is -2.01. The lowest BCUT2D eigenvalue weighted by molar-refractivity contribution is 0.896. The maximum atomic E-state index is 4.70. The summed E-state index contributed by atoms with van der Waals surface area (Å²) in [6.45, 7) is 4.04. The zero-order chi connectivity index (χ0) is 14.1. The molecule has 0 fully saturated rings. The first-order chi connectivity index (χ1) is 9.69. The highest BCUT2D eigenvalue weighted by Gasteiger charge is 2.09. The fraction of sp³-hybridized carbons (Fsp3) is 0.118. The summed E-state index contributed by atoms with van der Waals surface area (Å²) >= 11 is 1.63. The van der Waals surface area contributed by atoms with Gasteiger partial charge in [-0.25, -0.2) is 4.98 Å². The lowest BCUT2D eigenvalue weighted by Crippen LogP contribution is -1.92. The van der Waals surface area contributed by atoms with Crippen LogP contribution in [-0.4, -0.2) is 15.8 Å². The summed E-state index contributed by atoms with van der Waals surface area (Å²) in [7, 11) is 2.01. The first-order valence-electron chi connectivity index (χ1n) is 6.45. The van der Waals surface area contributed by atoms with Crippen molar-refractivity contribution in [3.05, 3.63) is 61.1 Å². The van der Waals surface area contributed by atoms with Crippen molar-refractivity contribution in [1.29, 1.82) is 0 Å². The van der Waals surface area contributed by atoms with E-state index in [-0.39, 0.29) is 0 Å². The number of imidazole rings is 1. The molecule has 0 aliphatic heterocycles. The fourth-order valence-corrected chi connectivity index (χ4v) is 2.68. The molecule has 2 nitrogen and oxygen atoms in total. The molecule has 0 aliphatic rings. The molecule has 0 atom stereocenters. The third-order valence-electron chi connectivity index (χ3n) is 3.42. The molecule has 0 spiro atoms. The molecule has 0 unspecified atom stereocenters. The van der Waals surface area contributed by atoms with Gasteiger partial charge >= 0.3 is 0 Å². The van der Waals surface area contributed by atoms with Crippen LogP contribution in [0.5, 0.6) is 0 Å². The zero-order valence-corrected chi connectivity index (χ0v) is 12.4. The summed E-state index contributed by atoms with van der Waals surface area (Å²) in [6.07, 6.45) is 4.08. The molecule has 3 rings (SSSR count). The molecule has 0 saturated carbocycles. The van der Waals surface area contributed by atoms with Gasteiger partial charge in [0.05, 0.1) is 5.69 Å². The normalized spacial score (nSPS) is 10.9. The Morgan fingerprint density at radius 3 is 2.65 bits per heavy atom. The molecule has 100 valence electrons. The van der Waals surface area contributed by atoms with Crippen LogP contribution in [0.3, 0.4) is 0 Å². The number of aromatic nitrogens is 2. The van der Waals surface area contributed by atoms with Crippen LogP contribution >= 0.6 is 11.8 Å². The molecular weight excluding hydrogens is 264 g/mol. The van der Waals surface area contributed by atoms with Crippen molar-refractivity contribution in [2.75, 3.05) is 6.26 Å². The van der Waals surface area contributed by atoms with E-state index in [1.165, 1.54) is 10.8 Å². The number of hydrogen-bond acceptors (Lipinski definition) is 2. The molecule has 0 bridgehead atoms. The summed E-state index contributed by atoms with van der Waals surface area (Å²) in [4.78, 5) is 5.69. The van der Waals surface area contributed by atoms with Gasteiger partial charge in [-0.15, -0.1) is 11.8 Å². The van der Waals surface area contributed by atoms with Gasteiger partial charge in [-0.2, -0.15) is 0 Å². The van der Waals surface area contributed by atoms with Crippen molar-refractivity contribution < 1.29 is 0 Å². The summed E-state index contributed by atoms with van der Waals surface area (Å²) in [5, 5.41) is 2.49. The predicted octanol–water partition coefficient (Wildman–Crippen LogP) is 4.57. The molecule has 0 saturated heterocycles. The SMILES string of the molecule is C=C(SC)c1nc(-c2ccc3ccccc3c2)cn1C. The second-order valence-corrected chi connectivity index (χ2v) is 5.65. The Labute approximate surface area is 123 Å². The highest BCUT2D eigenvalue weighted by atomic mass is 32.2. The Bertz CT molecular complexity index is 787. The summed E-state index contributed by atoms with van der Waals surface area (Å²) in [6, 6.07) is 14.8. The third kappa shape index (κ3) is 2.25. The van der Waals surface area contributed by atoms with Crippen molar-refractivity contribution in [3.63, 3.8) is 0 Å². The van der Waals surface area contributed by atoms with Crippen molar-refractivity contribution in [2.45, 2.75) is 0 Å². The van der Waals surface area contributed by atoms with Gasteiger partial charge in [-0.05, 0) is 23.1 Å². The monoisotopic (exact) mass is 280 g/mol. The highest BCUT2D eigenvalue weighted by molar-refractivity contribution is 8.07. The van der Waals surface area contributed by atoms with E-state index < -0.39 is 0 Å². The Morgan fingerprint density at radius 2 is 1.90 bits per heavy atom. The number of thioether (sulfide) groups is 1. The fourth-order valence-electron chi connectivity index (χ4n) is 2.30. The molecule has 1 heterocycles.